The molecule has 1 aromatic rings. The molecule has 1 aromatic carbocycles. The lowest BCUT2D eigenvalue weighted by atomic mass is 9.77. The molecule has 0 bridgehead atoms. The van der Waals surface area contributed by atoms with Crippen LogP contribution in [-0.4, -0.2) is 19.3 Å². The SMILES string of the molecule is CCCCCC[C@H]1CO[C@H](c2ccc(C3CCC(CCCC)CC3)cc2)CO1. The van der Waals surface area contributed by atoms with Crippen molar-refractivity contribution in [2.24, 2.45) is 5.92 Å². The van der Waals surface area contributed by atoms with E-state index in [1.807, 2.05) is 0 Å². The van der Waals surface area contributed by atoms with Gasteiger partial charge in [-0.05, 0) is 55.1 Å². The van der Waals surface area contributed by atoms with Crippen molar-refractivity contribution in [2.45, 2.75) is 109 Å². The van der Waals surface area contributed by atoms with E-state index in [4.69, 9.17) is 9.47 Å². The van der Waals surface area contributed by atoms with Crippen molar-refractivity contribution >= 4 is 0 Å². The number of benzene rings is 1. The van der Waals surface area contributed by atoms with Gasteiger partial charge in [-0.3, -0.25) is 0 Å². The van der Waals surface area contributed by atoms with Crippen LogP contribution in [0.4, 0.5) is 0 Å². The average Bonchev–Trinajstić information content (AvgIpc) is 2.76. The van der Waals surface area contributed by atoms with E-state index < -0.39 is 0 Å². The van der Waals surface area contributed by atoms with Gasteiger partial charge in [-0.2, -0.15) is 0 Å². The zero-order valence-electron chi connectivity index (χ0n) is 18.3. The molecule has 2 atom stereocenters. The lowest BCUT2D eigenvalue weighted by Crippen LogP contribution is -2.31. The molecule has 0 N–H and O–H groups in total. The molecule has 158 valence electrons. The summed E-state index contributed by atoms with van der Waals surface area (Å²) < 4.78 is 12.2. The Hall–Kier alpha value is -0.860. The maximum Gasteiger partial charge on any atom is 0.106 e. The van der Waals surface area contributed by atoms with Crippen LogP contribution in [0.2, 0.25) is 0 Å². The lowest BCUT2D eigenvalue weighted by molar-refractivity contribution is -0.137. The second kappa shape index (κ2) is 12.0. The first-order valence-corrected chi connectivity index (χ1v) is 12.1. The molecule has 1 aliphatic carbocycles. The van der Waals surface area contributed by atoms with Gasteiger partial charge >= 0.3 is 0 Å². The first kappa shape index (κ1) is 21.8. The molecule has 0 aromatic heterocycles. The Labute approximate surface area is 173 Å². The van der Waals surface area contributed by atoms with Crippen LogP contribution in [0.3, 0.4) is 0 Å². The van der Waals surface area contributed by atoms with Gasteiger partial charge in [-0.1, -0.05) is 83.1 Å². The molecule has 2 heteroatoms. The zero-order chi connectivity index (χ0) is 19.6. The highest BCUT2D eigenvalue weighted by molar-refractivity contribution is 5.27. The molecule has 2 fully saturated rings. The Kier molecular flexibility index (Phi) is 9.34. The molecule has 0 amide bonds. The third-order valence-electron chi connectivity index (χ3n) is 6.94. The van der Waals surface area contributed by atoms with Crippen LogP contribution in [-0.2, 0) is 9.47 Å². The predicted molar refractivity (Wildman–Crippen MR) is 118 cm³/mol. The van der Waals surface area contributed by atoms with Crippen LogP contribution < -0.4 is 0 Å². The molecular weight excluding hydrogens is 344 g/mol. The third kappa shape index (κ3) is 6.59. The molecule has 0 radical (unpaired) electrons. The third-order valence-corrected chi connectivity index (χ3v) is 6.94. The summed E-state index contributed by atoms with van der Waals surface area (Å²) in [5.41, 5.74) is 2.81. The second-order valence-electron chi connectivity index (χ2n) is 9.15. The second-order valence-corrected chi connectivity index (χ2v) is 9.15. The Balaban J connectivity index is 1.40. The fourth-order valence-electron chi connectivity index (χ4n) is 4.96. The summed E-state index contributed by atoms with van der Waals surface area (Å²) >= 11 is 0. The Morgan fingerprint density at radius 2 is 1.43 bits per heavy atom. The highest BCUT2D eigenvalue weighted by Crippen LogP contribution is 2.38. The summed E-state index contributed by atoms with van der Waals surface area (Å²) in [7, 11) is 0. The summed E-state index contributed by atoms with van der Waals surface area (Å²) in [5, 5.41) is 0. The van der Waals surface area contributed by atoms with E-state index in [2.05, 4.69) is 38.1 Å². The smallest absolute Gasteiger partial charge is 0.106 e. The van der Waals surface area contributed by atoms with Crippen LogP contribution in [0.25, 0.3) is 0 Å². The Morgan fingerprint density at radius 3 is 2.07 bits per heavy atom. The number of rotatable bonds is 10. The number of hydrogen-bond donors (Lipinski definition) is 0. The fraction of sp³-hybridized carbons (Fsp3) is 0.769. The van der Waals surface area contributed by atoms with E-state index in [0.717, 1.165) is 24.9 Å². The van der Waals surface area contributed by atoms with Crippen LogP contribution in [0, 0.1) is 5.92 Å². The van der Waals surface area contributed by atoms with Crippen molar-refractivity contribution in [3.63, 3.8) is 0 Å². The molecule has 2 aliphatic rings. The molecule has 1 aliphatic heterocycles. The quantitative estimate of drug-likeness (QED) is 0.386. The monoisotopic (exact) mass is 386 g/mol. The molecule has 2 nitrogen and oxygen atoms in total. The van der Waals surface area contributed by atoms with Gasteiger partial charge in [0.25, 0.3) is 0 Å². The maximum absolute atomic E-state index is 6.15. The lowest BCUT2D eigenvalue weighted by Gasteiger charge is -2.31. The standard InChI is InChI=1S/C26H42O2/c1-3-5-7-8-10-25-19-28-26(20-27-25)24-17-15-23(16-18-24)22-13-11-21(12-14-22)9-6-4-2/h15-18,21-22,25-26H,3-14,19-20H2,1-2H3/t21?,22?,25-,26-/m0/s1. The molecule has 0 unspecified atom stereocenters. The topological polar surface area (TPSA) is 18.5 Å². The minimum Gasteiger partial charge on any atom is -0.373 e. The highest BCUT2D eigenvalue weighted by Gasteiger charge is 2.25. The van der Waals surface area contributed by atoms with Crippen molar-refractivity contribution in [1.29, 1.82) is 0 Å². The molecule has 28 heavy (non-hydrogen) atoms. The van der Waals surface area contributed by atoms with Gasteiger partial charge in [-0.25, -0.2) is 0 Å². The minimum absolute atomic E-state index is 0.116. The van der Waals surface area contributed by atoms with Gasteiger partial charge in [0.15, 0.2) is 0 Å². The van der Waals surface area contributed by atoms with Gasteiger partial charge in [0.1, 0.15) is 6.10 Å². The van der Waals surface area contributed by atoms with Crippen molar-refractivity contribution < 1.29 is 9.47 Å². The molecule has 0 spiro atoms. The zero-order valence-corrected chi connectivity index (χ0v) is 18.3. The molecule has 1 heterocycles. The Bertz CT molecular complexity index is 522. The predicted octanol–water partition coefficient (Wildman–Crippen LogP) is 7.58. The van der Waals surface area contributed by atoms with Crippen molar-refractivity contribution in [3.05, 3.63) is 35.4 Å². The van der Waals surface area contributed by atoms with E-state index in [1.165, 1.54) is 81.8 Å². The van der Waals surface area contributed by atoms with Crippen LogP contribution in [0.5, 0.6) is 0 Å². The van der Waals surface area contributed by atoms with Crippen LogP contribution in [0.1, 0.15) is 114 Å². The van der Waals surface area contributed by atoms with E-state index in [1.54, 1.807) is 0 Å². The van der Waals surface area contributed by atoms with E-state index in [0.29, 0.717) is 12.7 Å². The van der Waals surface area contributed by atoms with E-state index >= 15 is 0 Å². The van der Waals surface area contributed by atoms with Crippen molar-refractivity contribution in [2.75, 3.05) is 13.2 Å². The fourth-order valence-corrected chi connectivity index (χ4v) is 4.96. The first-order chi connectivity index (χ1) is 13.8. The average molecular weight is 387 g/mol. The normalized spacial score (nSPS) is 28.4. The summed E-state index contributed by atoms with van der Waals surface area (Å²) in [5.74, 6) is 1.75. The van der Waals surface area contributed by atoms with E-state index in [9.17, 15) is 0 Å². The van der Waals surface area contributed by atoms with Gasteiger partial charge in [0.05, 0.1) is 19.3 Å². The summed E-state index contributed by atoms with van der Waals surface area (Å²) in [6, 6.07) is 9.28. The maximum atomic E-state index is 6.15. The molecule has 1 saturated carbocycles. The van der Waals surface area contributed by atoms with Crippen molar-refractivity contribution in [3.8, 4) is 0 Å². The number of hydrogen-bond acceptors (Lipinski definition) is 2. The number of ether oxygens (including phenoxy) is 2. The molecule has 3 rings (SSSR count). The summed E-state index contributed by atoms with van der Waals surface area (Å²) in [4.78, 5) is 0. The summed E-state index contributed by atoms with van der Waals surface area (Å²) in [6.45, 7) is 6.03. The van der Waals surface area contributed by atoms with Crippen LogP contribution in [0.15, 0.2) is 24.3 Å². The highest BCUT2D eigenvalue weighted by atomic mass is 16.6. The minimum atomic E-state index is 0.116. The van der Waals surface area contributed by atoms with Gasteiger partial charge in [-0.15, -0.1) is 0 Å². The summed E-state index contributed by atoms with van der Waals surface area (Å²) in [6.07, 6.45) is 16.6. The van der Waals surface area contributed by atoms with E-state index in [-0.39, 0.29) is 6.10 Å². The Morgan fingerprint density at radius 1 is 0.714 bits per heavy atom. The van der Waals surface area contributed by atoms with Crippen molar-refractivity contribution in [1.82, 2.24) is 0 Å². The first-order valence-electron chi connectivity index (χ1n) is 12.1. The molecular formula is C26H42O2. The van der Waals surface area contributed by atoms with Crippen LogP contribution >= 0.6 is 0 Å². The molecule has 1 saturated heterocycles. The van der Waals surface area contributed by atoms with Gasteiger partial charge in [0.2, 0.25) is 0 Å². The largest absolute Gasteiger partial charge is 0.373 e. The van der Waals surface area contributed by atoms with Gasteiger partial charge in [0, 0.05) is 0 Å². The van der Waals surface area contributed by atoms with Gasteiger partial charge < -0.3 is 9.47 Å². The number of unbranched alkanes of at least 4 members (excludes halogenated alkanes) is 4.